The maximum atomic E-state index is 12.7. The number of esters is 1. The van der Waals surface area contributed by atoms with Gasteiger partial charge in [-0.3, -0.25) is 4.79 Å². The molecular weight excluding hydrogens is 342 g/mol. The average molecular weight is 363 g/mol. The van der Waals surface area contributed by atoms with Gasteiger partial charge in [-0.15, -0.1) is 0 Å². The standard InChI is InChI=1S/C21H21N3O3/c1-13-3-2-4-17-19(13)23-20(26-17)16-11-14-5-6-15(12-18(14)27-21(16)25)24-9-7-22-8-10-24/h2-6,12,16,22H,7-11H2,1H3. The third-order valence-corrected chi connectivity index (χ3v) is 5.39. The van der Waals surface area contributed by atoms with Gasteiger partial charge in [0.25, 0.3) is 0 Å². The zero-order chi connectivity index (χ0) is 18.4. The first kappa shape index (κ1) is 16.3. The lowest BCUT2D eigenvalue weighted by molar-refractivity contribution is -0.137. The molecule has 0 spiro atoms. The Morgan fingerprint density at radius 1 is 1.19 bits per heavy atom. The van der Waals surface area contributed by atoms with E-state index in [1.54, 1.807) is 0 Å². The van der Waals surface area contributed by atoms with Gasteiger partial charge >= 0.3 is 5.97 Å². The van der Waals surface area contributed by atoms with Crippen LogP contribution in [0.4, 0.5) is 5.69 Å². The van der Waals surface area contributed by atoms with Crippen LogP contribution in [0.1, 0.15) is 22.9 Å². The van der Waals surface area contributed by atoms with E-state index in [4.69, 9.17) is 9.15 Å². The van der Waals surface area contributed by atoms with Crippen LogP contribution >= 0.6 is 0 Å². The van der Waals surface area contributed by atoms with E-state index in [1.165, 1.54) is 0 Å². The van der Waals surface area contributed by atoms with Crippen LogP contribution in [0.5, 0.6) is 5.75 Å². The number of ether oxygens (including phenoxy) is 1. The predicted molar refractivity (Wildman–Crippen MR) is 102 cm³/mol. The highest BCUT2D eigenvalue weighted by Crippen LogP contribution is 2.36. The summed E-state index contributed by atoms with van der Waals surface area (Å²) in [6.45, 7) is 5.84. The van der Waals surface area contributed by atoms with Crippen molar-refractivity contribution in [3.63, 3.8) is 0 Å². The minimum Gasteiger partial charge on any atom is -0.440 e. The van der Waals surface area contributed by atoms with Gasteiger partial charge in [-0.25, -0.2) is 4.98 Å². The second kappa shape index (κ2) is 6.39. The minimum atomic E-state index is -0.505. The molecule has 1 N–H and O–H groups in total. The SMILES string of the molecule is Cc1cccc2oc(C3Cc4ccc(N5CCNCC5)cc4OC3=O)nc12. The number of hydrogen-bond donors (Lipinski definition) is 1. The molecule has 138 valence electrons. The molecule has 2 aliphatic rings. The molecule has 1 unspecified atom stereocenters. The smallest absolute Gasteiger partial charge is 0.324 e. The van der Waals surface area contributed by atoms with Crippen LogP contribution in [-0.4, -0.2) is 37.1 Å². The molecule has 0 radical (unpaired) electrons. The molecule has 0 amide bonds. The fourth-order valence-electron chi connectivity index (χ4n) is 3.85. The number of carbonyl (C=O) groups excluding carboxylic acids is 1. The summed E-state index contributed by atoms with van der Waals surface area (Å²) in [5.41, 5.74) is 4.65. The molecule has 27 heavy (non-hydrogen) atoms. The number of aryl methyl sites for hydroxylation is 1. The summed E-state index contributed by atoms with van der Waals surface area (Å²) in [5.74, 6) is 0.277. The molecule has 3 aromatic rings. The lowest BCUT2D eigenvalue weighted by atomic mass is 9.95. The summed E-state index contributed by atoms with van der Waals surface area (Å²) in [5, 5.41) is 3.35. The fraction of sp³-hybridized carbons (Fsp3) is 0.333. The van der Waals surface area contributed by atoms with Crippen LogP contribution < -0.4 is 15.0 Å². The van der Waals surface area contributed by atoms with Gasteiger partial charge in [-0.2, -0.15) is 0 Å². The van der Waals surface area contributed by atoms with Gasteiger partial charge in [0.1, 0.15) is 17.2 Å². The number of oxazole rings is 1. The maximum Gasteiger partial charge on any atom is 0.324 e. The minimum absolute atomic E-state index is 0.302. The molecular formula is C21H21N3O3. The van der Waals surface area contributed by atoms with Gasteiger partial charge < -0.3 is 19.4 Å². The number of anilines is 1. The molecule has 6 nitrogen and oxygen atoms in total. The molecule has 1 aromatic heterocycles. The zero-order valence-electron chi connectivity index (χ0n) is 15.2. The van der Waals surface area contributed by atoms with Gasteiger partial charge in [0.2, 0.25) is 5.89 Å². The number of aromatic nitrogens is 1. The molecule has 0 aliphatic carbocycles. The van der Waals surface area contributed by atoms with Crippen molar-refractivity contribution in [2.75, 3.05) is 31.1 Å². The van der Waals surface area contributed by atoms with Crippen LogP contribution in [-0.2, 0) is 11.2 Å². The Balaban J connectivity index is 1.45. The molecule has 6 heteroatoms. The summed E-state index contributed by atoms with van der Waals surface area (Å²) < 4.78 is 11.5. The number of fused-ring (bicyclic) bond motifs is 2. The topological polar surface area (TPSA) is 67.6 Å². The Bertz CT molecular complexity index is 1020. The molecule has 1 saturated heterocycles. The van der Waals surface area contributed by atoms with Crippen molar-refractivity contribution in [3.05, 3.63) is 53.4 Å². The normalized spacial score (nSPS) is 19.8. The molecule has 2 aliphatic heterocycles. The summed E-state index contributed by atoms with van der Waals surface area (Å²) in [7, 11) is 0. The fourth-order valence-corrected chi connectivity index (χ4v) is 3.85. The molecule has 3 heterocycles. The number of carbonyl (C=O) groups is 1. The number of nitrogens with one attached hydrogen (secondary N) is 1. The molecule has 1 fully saturated rings. The van der Waals surface area contributed by atoms with Crippen LogP contribution in [0.2, 0.25) is 0 Å². The number of nitrogens with zero attached hydrogens (tertiary/aromatic N) is 2. The molecule has 0 saturated carbocycles. The van der Waals surface area contributed by atoms with Crippen molar-refractivity contribution in [2.24, 2.45) is 0 Å². The van der Waals surface area contributed by atoms with E-state index >= 15 is 0 Å². The number of para-hydroxylation sites is 1. The number of hydrogen-bond acceptors (Lipinski definition) is 6. The van der Waals surface area contributed by atoms with Crippen LogP contribution in [0.3, 0.4) is 0 Å². The van der Waals surface area contributed by atoms with Crippen molar-refractivity contribution in [3.8, 4) is 5.75 Å². The lowest BCUT2D eigenvalue weighted by Crippen LogP contribution is -2.43. The van der Waals surface area contributed by atoms with Crippen molar-refractivity contribution in [1.29, 1.82) is 0 Å². The molecule has 0 bridgehead atoms. The Kier molecular flexibility index (Phi) is 3.86. The quantitative estimate of drug-likeness (QED) is 0.558. The second-order valence-electron chi connectivity index (χ2n) is 7.18. The van der Waals surface area contributed by atoms with Crippen molar-refractivity contribution in [1.82, 2.24) is 10.3 Å². The molecule has 5 rings (SSSR count). The number of piperazine rings is 1. The van der Waals surface area contributed by atoms with Gasteiger partial charge in [-0.1, -0.05) is 18.2 Å². The highest BCUT2D eigenvalue weighted by molar-refractivity contribution is 5.84. The van der Waals surface area contributed by atoms with Crippen LogP contribution in [0.15, 0.2) is 40.8 Å². The third kappa shape index (κ3) is 2.86. The van der Waals surface area contributed by atoms with Gasteiger partial charge in [0.05, 0.1) is 0 Å². The Hall–Kier alpha value is -2.86. The zero-order valence-corrected chi connectivity index (χ0v) is 15.2. The first-order valence-electron chi connectivity index (χ1n) is 9.35. The van der Waals surface area contributed by atoms with E-state index in [1.807, 2.05) is 31.2 Å². The number of rotatable bonds is 2. The van der Waals surface area contributed by atoms with Crippen molar-refractivity contribution >= 4 is 22.8 Å². The van der Waals surface area contributed by atoms with Crippen LogP contribution in [0, 0.1) is 6.92 Å². The van der Waals surface area contributed by atoms with E-state index in [0.717, 1.165) is 48.5 Å². The van der Waals surface area contributed by atoms with Gasteiger partial charge in [-0.05, 0) is 36.6 Å². The summed E-state index contributed by atoms with van der Waals surface area (Å²) >= 11 is 0. The van der Waals surface area contributed by atoms with E-state index in [9.17, 15) is 4.79 Å². The second-order valence-corrected chi connectivity index (χ2v) is 7.18. The Labute approximate surface area is 157 Å². The van der Waals surface area contributed by atoms with E-state index in [-0.39, 0.29) is 5.97 Å². The largest absolute Gasteiger partial charge is 0.440 e. The van der Waals surface area contributed by atoms with Gasteiger partial charge in [0, 0.05) is 37.9 Å². The highest BCUT2D eigenvalue weighted by atomic mass is 16.5. The first-order chi connectivity index (χ1) is 13.2. The first-order valence-corrected chi connectivity index (χ1v) is 9.35. The predicted octanol–water partition coefficient (Wildman–Crippen LogP) is 2.79. The summed E-state index contributed by atoms with van der Waals surface area (Å²) in [6.07, 6.45) is 0.544. The van der Waals surface area contributed by atoms with Crippen molar-refractivity contribution < 1.29 is 13.9 Å². The summed E-state index contributed by atoms with van der Waals surface area (Å²) in [4.78, 5) is 19.5. The Morgan fingerprint density at radius 2 is 2.04 bits per heavy atom. The summed E-state index contributed by atoms with van der Waals surface area (Å²) in [6, 6.07) is 11.9. The Morgan fingerprint density at radius 3 is 2.85 bits per heavy atom. The highest BCUT2D eigenvalue weighted by Gasteiger charge is 2.34. The maximum absolute atomic E-state index is 12.7. The monoisotopic (exact) mass is 363 g/mol. The van der Waals surface area contributed by atoms with Crippen LogP contribution in [0.25, 0.3) is 11.1 Å². The van der Waals surface area contributed by atoms with E-state index < -0.39 is 5.92 Å². The van der Waals surface area contributed by atoms with Crippen molar-refractivity contribution in [2.45, 2.75) is 19.3 Å². The van der Waals surface area contributed by atoms with Gasteiger partial charge in [0.15, 0.2) is 5.58 Å². The molecule has 2 aromatic carbocycles. The van der Waals surface area contributed by atoms with E-state index in [0.29, 0.717) is 23.6 Å². The third-order valence-electron chi connectivity index (χ3n) is 5.39. The average Bonchev–Trinajstić information content (AvgIpc) is 3.13. The van der Waals surface area contributed by atoms with E-state index in [2.05, 4.69) is 27.3 Å². The number of benzene rings is 2. The molecule has 1 atom stereocenters. The lowest BCUT2D eigenvalue weighted by Gasteiger charge is -2.30.